The van der Waals surface area contributed by atoms with Crippen molar-refractivity contribution in [3.05, 3.63) is 23.3 Å². The summed E-state index contributed by atoms with van der Waals surface area (Å²) >= 11 is 0. The molecule has 1 aromatic carbocycles. The summed E-state index contributed by atoms with van der Waals surface area (Å²) in [6.45, 7) is 5.48. The fourth-order valence-corrected chi connectivity index (χ4v) is 3.69. The van der Waals surface area contributed by atoms with Gasteiger partial charge in [0.25, 0.3) is 0 Å². The third-order valence-corrected chi connectivity index (χ3v) is 4.96. The molecule has 0 amide bonds. The third-order valence-electron chi connectivity index (χ3n) is 2.99. The number of methoxy groups -OCH3 is 1. The number of sulfone groups is 1. The van der Waals surface area contributed by atoms with Gasteiger partial charge in [-0.25, -0.2) is 8.42 Å². The first-order valence-electron chi connectivity index (χ1n) is 5.95. The Bertz CT molecular complexity index is 523. The van der Waals surface area contributed by atoms with E-state index in [0.29, 0.717) is 22.6 Å². The van der Waals surface area contributed by atoms with Gasteiger partial charge in [0.15, 0.2) is 9.84 Å². The lowest BCUT2D eigenvalue weighted by atomic mass is 10.1. The molecular weight excluding hydrogens is 250 g/mol. The molecule has 1 atom stereocenters. The predicted molar refractivity (Wildman–Crippen MR) is 72.8 cm³/mol. The van der Waals surface area contributed by atoms with Crippen molar-refractivity contribution in [3.63, 3.8) is 0 Å². The minimum atomic E-state index is -3.33. The van der Waals surface area contributed by atoms with Gasteiger partial charge in [0.1, 0.15) is 5.75 Å². The van der Waals surface area contributed by atoms with E-state index in [4.69, 9.17) is 10.5 Å². The van der Waals surface area contributed by atoms with Gasteiger partial charge in [-0.1, -0.05) is 6.92 Å². The SMILES string of the molecule is CCC(N)CS(=O)(=O)c1cc(C)c(OC)cc1C. The predicted octanol–water partition coefficient (Wildman–Crippen LogP) is 1.82. The second kappa shape index (κ2) is 5.71. The molecular formula is C13H21NO3S. The first-order valence-corrected chi connectivity index (χ1v) is 7.60. The number of hydrogen-bond acceptors (Lipinski definition) is 4. The lowest BCUT2D eigenvalue weighted by Gasteiger charge is -2.14. The van der Waals surface area contributed by atoms with E-state index in [0.717, 1.165) is 5.56 Å². The van der Waals surface area contributed by atoms with Crippen LogP contribution >= 0.6 is 0 Å². The molecule has 2 N–H and O–H groups in total. The van der Waals surface area contributed by atoms with E-state index in [2.05, 4.69) is 0 Å². The Morgan fingerprint density at radius 3 is 2.39 bits per heavy atom. The Labute approximate surface area is 109 Å². The summed E-state index contributed by atoms with van der Waals surface area (Å²) in [4.78, 5) is 0.352. The Kier molecular flexibility index (Phi) is 4.76. The summed E-state index contributed by atoms with van der Waals surface area (Å²) in [6.07, 6.45) is 0.646. The zero-order chi connectivity index (χ0) is 13.9. The molecule has 0 fully saturated rings. The van der Waals surface area contributed by atoms with E-state index in [-0.39, 0.29) is 11.8 Å². The number of rotatable bonds is 5. The minimum absolute atomic E-state index is 0.0177. The molecule has 1 unspecified atom stereocenters. The zero-order valence-electron chi connectivity index (χ0n) is 11.4. The van der Waals surface area contributed by atoms with Gasteiger partial charge in [0, 0.05) is 6.04 Å². The van der Waals surface area contributed by atoms with Crippen LogP contribution in [0.15, 0.2) is 17.0 Å². The molecule has 0 aliphatic carbocycles. The van der Waals surface area contributed by atoms with Crippen LogP contribution in [0.25, 0.3) is 0 Å². The fraction of sp³-hybridized carbons (Fsp3) is 0.538. The largest absolute Gasteiger partial charge is 0.496 e. The van der Waals surface area contributed by atoms with E-state index in [1.807, 2.05) is 13.8 Å². The van der Waals surface area contributed by atoms with Crippen LogP contribution in [0.2, 0.25) is 0 Å². The highest BCUT2D eigenvalue weighted by Gasteiger charge is 2.21. The summed E-state index contributed by atoms with van der Waals surface area (Å²) in [5.41, 5.74) is 7.24. The van der Waals surface area contributed by atoms with Crippen LogP contribution in [0.1, 0.15) is 24.5 Å². The highest BCUT2D eigenvalue weighted by atomic mass is 32.2. The first kappa shape index (κ1) is 15.0. The number of aryl methyl sites for hydroxylation is 2. The van der Waals surface area contributed by atoms with Crippen LogP contribution in [-0.4, -0.2) is 27.3 Å². The van der Waals surface area contributed by atoms with Crippen LogP contribution < -0.4 is 10.5 Å². The maximum Gasteiger partial charge on any atom is 0.180 e. The summed E-state index contributed by atoms with van der Waals surface area (Å²) in [6, 6.07) is 3.09. The summed E-state index contributed by atoms with van der Waals surface area (Å²) < 4.78 is 29.7. The van der Waals surface area contributed by atoms with Crippen LogP contribution in [0.4, 0.5) is 0 Å². The van der Waals surface area contributed by atoms with E-state index in [1.165, 1.54) is 0 Å². The molecule has 18 heavy (non-hydrogen) atoms. The van der Waals surface area contributed by atoms with Crippen molar-refractivity contribution in [2.75, 3.05) is 12.9 Å². The second-order valence-electron chi connectivity index (χ2n) is 4.54. The fourth-order valence-electron chi connectivity index (χ4n) is 1.81. The Morgan fingerprint density at radius 1 is 1.28 bits per heavy atom. The first-order chi connectivity index (χ1) is 8.31. The standard InChI is InChI=1S/C13H21NO3S/c1-5-11(14)8-18(15,16)13-7-9(2)12(17-4)6-10(13)3/h6-7,11H,5,8,14H2,1-4H3. The average molecular weight is 271 g/mol. The highest BCUT2D eigenvalue weighted by molar-refractivity contribution is 7.91. The highest BCUT2D eigenvalue weighted by Crippen LogP contribution is 2.26. The molecule has 0 saturated heterocycles. The molecule has 0 saturated carbocycles. The van der Waals surface area contributed by atoms with Gasteiger partial charge in [-0.2, -0.15) is 0 Å². The molecule has 1 rings (SSSR count). The quantitative estimate of drug-likeness (QED) is 0.887. The summed E-state index contributed by atoms with van der Waals surface area (Å²) in [5.74, 6) is 0.682. The van der Waals surface area contributed by atoms with Crippen molar-refractivity contribution in [3.8, 4) is 5.75 Å². The van der Waals surface area contributed by atoms with Crippen molar-refractivity contribution in [2.24, 2.45) is 5.73 Å². The van der Waals surface area contributed by atoms with Crippen molar-refractivity contribution < 1.29 is 13.2 Å². The van der Waals surface area contributed by atoms with E-state index in [1.54, 1.807) is 26.2 Å². The van der Waals surface area contributed by atoms with Gasteiger partial charge in [-0.05, 0) is 43.5 Å². The van der Waals surface area contributed by atoms with Crippen molar-refractivity contribution in [1.29, 1.82) is 0 Å². The summed E-state index contributed by atoms with van der Waals surface area (Å²) in [5, 5.41) is 0. The molecule has 0 aromatic heterocycles. The molecule has 5 heteroatoms. The number of ether oxygens (including phenoxy) is 1. The number of nitrogens with two attached hydrogens (primary N) is 1. The van der Waals surface area contributed by atoms with Gasteiger partial charge < -0.3 is 10.5 Å². The molecule has 0 aliphatic heterocycles. The van der Waals surface area contributed by atoms with Gasteiger partial charge in [-0.15, -0.1) is 0 Å². The maximum absolute atomic E-state index is 12.3. The van der Waals surface area contributed by atoms with Gasteiger partial charge in [0.05, 0.1) is 17.8 Å². The van der Waals surface area contributed by atoms with Crippen molar-refractivity contribution >= 4 is 9.84 Å². The number of benzene rings is 1. The van der Waals surface area contributed by atoms with Gasteiger partial charge in [-0.3, -0.25) is 0 Å². The monoisotopic (exact) mass is 271 g/mol. The topological polar surface area (TPSA) is 69.4 Å². The minimum Gasteiger partial charge on any atom is -0.496 e. The van der Waals surface area contributed by atoms with E-state index >= 15 is 0 Å². The number of hydrogen-bond donors (Lipinski definition) is 1. The molecule has 0 bridgehead atoms. The average Bonchev–Trinajstić information content (AvgIpc) is 2.30. The molecule has 0 heterocycles. The van der Waals surface area contributed by atoms with Crippen LogP contribution in [-0.2, 0) is 9.84 Å². The zero-order valence-corrected chi connectivity index (χ0v) is 12.2. The normalized spacial score (nSPS) is 13.4. The van der Waals surface area contributed by atoms with Crippen molar-refractivity contribution in [2.45, 2.75) is 38.1 Å². The lowest BCUT2D eigenvalue weighted by Crippen LogP contribution is -2.29. The molecule has 4 nitrogen and oxygen atoms in total. The third kappa shape index (κ3) is 3.23. The molecule has 0 radical (unpaired) electrons. The van der Waals surface area contributed by atoms with Crippen LogP contribution in [0.3, 0.4) is 0 Å². The van der Waals surface area contributed by atoms with Crippen LogP contribution in [0, 0.1) is 13.8 Å². The molecule has 0 spiro atoms. The molecule has 1 aromatic rings. The smallest absolute Gasteiger partial charge is 0.180 e. The second-order valence-corrected chi connectivity index (χ2v) is 6.54. The summed E-state index contributed by atoms with van der Waals surface area (Å²) in [7, 11) is -1.76. The Morgan fingerprint density at radius 2 is 1.89 bits per heavy atom. The Balaban J connectivity index is 3.21. The molecule has 102 valence electrons. The molecule has 0 aliphatic rings. The van der Waals surface area contributed by atoms with Gasteiger partial charge >= 0.3 is 0 Å². The van der Waals surface area contributed by atoms with Crippen molar-refractivity contribution in [1.82, 2.24) is 0 Å². The lowest BCUT2D eigenvalue weighted by molar-refractivity contribution is 0.411. The van der Waals surface area contributed by atoms with E-state index in [9.17, 15) is 8.42 Å². The van der Waals surface area contributed by atoms with E-state index < -0.39 is 9.84 Å². The van der Waals surface area contributed by atoms with Crippen LogP contribution in [0.5, 0.6) is 5.75 Å². The van der Waals surface area contributed by atoms with Gasteiger partial charge in [0.2, 0.25) is 0 Å². The Hall–Kier alpha value is -1.07. The maximum atomic E-state index is 12.3.